The van der Waals surface area contributed by atoms with Crippen LogP contribution in [0, 0.1) is 6.92 Å². The van der Waals surface area contributed by atoms with E-state index in [2.05, 4.69) is 47.6 Å². The third kappa shape index (κ3) is 5.16. The predicted octanol–water partition coefficient (Wildman–Crippen LogP) is 5.44. The van der Waals surface area contributed by atoms with Crippen LogP contribution < -0.4 is 10.6 Å². The molecular formula is C25H28N4OS2. The molecule has 2 aromatic carbocycles. The van der Waals surface area contributed by atoms with E-state index in [1.807, 2.05) is 35.7 Å². The van der Waals surface area contributed by atoms with E-state index in [-0.39, 0.29) is 5.91 Å². The molecule has 0 aliphatic carbocycles. The summed E-state index contributed by atoms with van der Waals surface area (Å²) in [5.41, 5.74) is 4.52. The summed E-state index contributed by atoms with van der Waals surface area (Å²) in [6.07, 6.45) is 1.99. The van der Waals surface area contributed by atoms with Gasteiger partial charge in [-0.3, -0.25) is 4.79 Å². The first kappa shape index (κ1) is 22.4. The lowest BCUT2D eigenvalue weighted by atomic mass is 9.98. The lowest BCUT2D eigenvalue weighted by Gasteiger charge is -2.33. The summed E-state index contributed by atoms with van der Waals surface area (Å²) >= 11 is 7.01. The second kappa shape index (κ2) is 10.2. The van der Waals surface area contributed by atoms with E-state index in [0.29, 0.717) is 11.6 Å². The van der Waals surface area contributed by atoms with Crippen LogP contribution in [0.15, 0.2) is 53.9 Å². The molecule has 0 unspecified atom stereocenters. The molecule has 1 saturated heterocycles. The largest absolute Gasteiger partial charge is 0.363 e. The molecule has 1 aliphatic rings. The number of nitrogens with one attached hydrogen (secondary N) is 2. The van der Waals surface area contributed by atoms with Gasteiger partial charge in [0.25, 0.3) is 5.91 Å². The van der Waals surface area contributed by atoms with Crippen molar-refractivity contribution in [2.75, 3.05) is 25.0 Å². The maximum atomic E-state index is 13.0. The highest BCUT2D eigenvalue weighted by molar-refractivity contribution is 7.80. The van der Waals surface area contributed by atoms with Crippen molar-refractivity contribution in [2.45, 2.75) is 32.6 Å². The molecule has 1 amide bonds. The van der Waals surface area contributed by atoms with Gasteiger partial charge in [0.15, 0.2) is 5.11 Å². The standard InChI is InChI=1S/C25H28N4OS2/c1-3-26-25(31)29-13-11-19(12-14-29)24-28-22(16-32-24)23(30)27-21-10-9-17(2)15-20(21)18-7-5-4-6-8-18/h4-10,15-16,19H,3,11-14H2,1-2H3,(H,26,31)(H,27,30). The summed E-state index contributed by atoms with van der Waals surface area (Å²) in [5.74, 6) is 0.209. The number of carbonyl (C=O) groups excluding carboxylic acids is 1. The van der Waals surface area contributed by atoms with Gasteiger partial charge in [0.2, 0.25) is 0 Å². The van der Waals surface area contributed by atoms with Gasteiger partial charge in [0.1, 0.15) is 5.69 Å². The molecule has 1 fully saturated rings. The van der Waals surface area contributed by atoms with Gasteiger partial charge < -0.3 is 15.5 Å². The summed E-state index contributed by atoms with van der Waals surface area (Å²) in [4.78, 5) is 19.9. The first-order chi connectivity index (χ1) is 15.5. The molecule has 1 aromatic heterocycles. The van der Waals surface area contributed by atoms with Crippen molar-refractivity contribution < 1.29 is 4.79 Å². The second-order valence-corrected chi connectivity index (χ2v) is 9.31. The zero-order valence-corrected chi connectivity index (χ0v) is 20.1. The first-order valence-corrected chi connectivity index (χ1v) is 12.3. The minimum Gasteiger partial charge on any atom is -0.363 e. The van der Waals surface area contributed by atoms with Gasteiger partial charge in [-0.05, 0) is 56.6 Å². The van der Waals surface area contributed by atoms with E-state index in [1.165, 1.54) is 0 Å². The summed E-state index contributed by atoms with van der Waals surface area (Å²) in [6, 6.07) is 16.2. The van der Waals surface area contributed by atoms with Crippen LogP contribution >= 0.6 is 23.6 Å². The molecule has 2 heterocycles. The fraction of sp³-hybridized carbons (Fsp3) is 0.320. The number of nitrogens with zero attached hydrogens (tertiary/aromatic N) is 2. The number of benzene rings is 2. The maximum absolute atomic E-state index is 13.0. The third-order valence-corrected chi connectivity index (χ3v) is 7.13. The van der Waals surface area contributed by atoms with Crippen LogP contribution in [0.5, 0.6) is 0 Å². The van der Waals surface area contributed by atoms with Crippen molar-refractivity contribution in [1.82, 2.24) is 15.2 Å². The molecule has 0 atom stereocenters. The molecule has 0 spiro atoms. The number of piperidine rings is 1. The fourth-order valence-electron chi connectivity index (χ4n) is 3.98. The van der Waals surface area contributed by atoms with Gasteiger partial charge in [-0.1, -0.05) is 42.0 Å². The number of likely N-dealkylation sites (tertiary alicyclic amines) is 1. The Bertz CT molecular complexity index is 1090. The van der Waals surface area contributed by atoms with Crippen LogP contribution in [0.25, 0.3) is 11.1 Å². The van der Waals surface area contributed by atoms with Gasteiger partial charge >= 0.3 is 0 Å². The number of thiazole rings is 1. The molecule has 7 heteroatoms. The number of anilines is 1. The first-order valence-electron chi connectivity index (χ1n) is 11.0. The van der Waals surface area contributed by atoms with Crippen LogP contribution in [-0.4, -0.2) is 40.5 Å². The monoisotopic (exact) mass is 464 g/mol. The normalized spacial score (nSPS) is 14.2. The topological polar surface area (TPSA) is 57.3 Å². The zero-order chi connectivity index (χ0) is 22.5. The Balaban J connectivity index is 1.44. The van der Waals surface area contributed by atoms with E-state index in [9.17, 15) is 4.79 Å². The second-order valence-electron chi connectivity index (χ2n) is 8.04. The molecule has 5 nitrogen and oxygen atoms in total. The van der Waals surface area contributed by atoms with Crippen LogP contribution in [0.3, 0.4) is 0 Å². The van der Waals surface area contributed by atoms with E-state index in [4.69, 9.17) is 17.2 Å². The lowest BCUT2D eigenvalue weighted by molar-refractivity contribution is 0.102. The Morgan fingerprint density at radius 3 is 2.66 bits per heavy atom. The number of thiocarbonyl (C=S) groups is 1. The van der Waals surface area contributed by atoms with E-state index < -0.39 is 0 Å². The molecule has 0 bridgehead atoms. The Hall–Kier alpha value is -2.77. The molecule has 1 aliphatic heterocycles. The number of aryl methyl sites for hydroxylation is 1. The average molecular weight is 465 g/mol. The van der Waals surface area contributed by atoms with Crippen molar-refractivity contribution in [2.24, 2.45) is 0 Å². The Kier molecular flexibility index (Phi) is 7.17. The summed E-state index contributed by atoms with van der Waals surface area (Å²) < 4.78 is 0. The van der Waals surface area contributed by atoms with E-state index >= 15 is 0 Å². The number of hydrogen-bond acceptors (Lipinski definition) is 4. The molecule has 32 heavy (non-hydrogen) atoms. The predicted molar refractivity (Wildman–Crippen MR) is 137 cm³/mol. The lowest BCUT2D eigenvalue weighted by Crippen LogP contribution is -2.43. The van der Waals surface area contributed by atoms with Crippen LogP contribution in [0.2, 0.25) is 0 Å². The highest BCUT2D eigenvalue weighted by atomic mass is 32.1. The number of carbonyl (C=O) groups is 1. The van der Waals surface area contributed by atoms with Gasteiger partial charge in [-0.25, -0.2) is 4.98 Å². The molecule has 166 valence electrons. The SMILES string of the molecule is CCNC(=S)N1CCC(c2nc(C(=O)Nc3ccc(C)cc3-c3ccccc3)cs2)CC1. The van der Waals surface area contributed by atoms with Gasteiger partial charge in [-0.2, -0.15) is 0 Å². The Labute approximate surface area is 198 Å². The molecule has 0 saturated carbocycles. The molecule has 2 N–H and O–H groups in total. The van der Waals surface area contributed by atoms with E-state index in [1.54, 1.807) is 11.3 Å². The third-order valence-electron chi connectivity index (χ3n) is 5.72. The molecule has 0 radical (unpaired) electrons. The Morgan fingerprint density at radius 2 is 1.94 bits per heavy atom. The minimum atomic E-state index is -0.167. The minimum absolute atomic E-state index is 0.167. The Morgan fingerprint density at radius 1 is 1.19 bits per heavy atom. The highest BCUT2D eigenvalue weighted by Gasteiger charge is 2.25. The van der Waals surface area contributed by atoms with Crippen molar-refractivity contribution in [3.8, 4) is 11.1 Å². The van der Waals surface area contributed by atoms with Crippen molar-refractivity contribution >= 4 is 40.3 Å². The van der Waals surface area contributed by atoms with Crippen molar-refractivity contribution in [1.29, 1.82) is 0 Å². The number of aromatic nitrogens is 1. The van der Waals surface area contributed by atoms with Gasteiger partial charge in [0.05, 0.1) is 5.01 Å². The van der Waals surface area contributed by atoms with E-state index in [0.717, 1.165) is 65.0 Å². The maximum Gasteiger partial charge on any atom is 0.275 e. The molecule has 3 aromatic rings. The van der Waals surface area contributed by atoms with Crippen molar-refractivity contribution in [3.63, 3.8) is 0 Å². The fourth-order valence-corrected chi connectivity index (χ4v) is 5.28. The number of hydrogen-bond donors (Lipinski definition) is 2. The van der Waals surface area contributed by atoms with Crippen LogP contribution in [0.1, 0.15) is 46.7 Å². The summed E-state index contributed by atoms with van der Waals surface area (Å²) in [5, 5.41) is 10.0. The highest BCUT2D eigenvalue weighted by Crippen LogP contribution is 2.32. The van der Waals surface area contributed by atoms with Crippen LogP contribution in [0.4, 0.5) is 5.69 Å². The summed E-state index contributed by atoms with van der Waals surface area (Å²) in [6.45, 7) is 6.79. The molecule has 4 rings (SSSR count). The van der Waals surface area contributed by atoms with Crippen molar-refractivity contribution in [3.05, 3.63) is 70.2 Å². The average Bonchev–Trinajstić information content (AvgIpc) is 3.32. The van der Waals surface area contributed by atoms with Crippen LogP contribution in [-0.2, 0) is 0 Å². The summed E-state index contributed by atoms with van der Waals surface area (Å²) in [7, 11) is 0. The number of amides is 1. The quantitative estimate of drug-likeness (QED) is 0.492. The van der Waals surface area contributed by atoms with Gasteiger partial charge in [0, 0.05) is 42.2 Å². The van der Waals surface area contributed by atoms with Gasteiger partial charge in [-0.15, -0.1) is 11.3 Å². The zero-order valence-electron chi connectivity index (χ0n) is 18.4. The molecular weight excluding hydrogens is 436 g/mol. The smallest absolute Gasteiger partial charge is 0.275 e. The number of rotatable bonds is 5.